The van der Waals surface area contributed by atoms with Gasteiger partial charge < -0.3 is 10.4 Å². The fraction of sp³-hybridized carbons (Fsp3) is 0.333. The largest absolute Gasteiger partial charge is 0.395 e. The van der Waals surface area contributed by atoms with E-state index in [2.05, 4.69) is 25.2 Å². The van der Waals surface area contributed by atoms with Crippen molar-refractivity contribution in [1.29, 1.82) is 10.5 Å². The summed E-state index contributed by atoms with van der Waals surface area (Å²) in [5.41, 5.74) is 4.23. The summed E-state index contributed by atoms with van der Waals surface area (Å²) in [6, 6.07) is 12.0. The van der Waals surface area contributed by atoms with Crippen LogP contribution < -0.4 is 5.32 Å². The van der Waals surface area contributed by atoms with E-state index in [0.717, 1.165) is 35.2 Å². The number of aliphatic hydroxyl groups is 1. The number of nitriles is 2. The Hall–Kier alpha value is -2.82. The number of nitrogens with zero attached hydrogens (tertiary/aromatic N) is 2. The van der Waals surface area contributed by atoms with E-state index < -0.39 is 0 Å². The highest BCUT2D eigenvalue weighted by Gasteiger charge is 2.26. The Balaban J connectivity index is 2.20. The van der Waals surface area contributed by atoms with Crippen molar-refractivity contribution in [2.24, 2.45) is 5.41 Å². The molecule has 4 heteroatoms. The first-order chi connectivity index (χ1) is 12.0. The van der Waals surface area contributed by atoms with Crippen molar-refractivity contribution in [2.75, 3.05) is 18.5 Å². The van der Waals surface area contributed by atoms with Crippen molar-refractivity contribution >= 4 is 11.8 Å². The van der Waals surface area contributed by atoms with Crippen molar-refractivity contribution in [3.8, 4) is 12.1 Å². The van der Waals surface area contributed by atoms with Gasteiger partial charge in [-0.05, 0) is 47.1 Å². The summed E-state index contributed by atoms with van der Waals surface area (Å²) < 4.78 is 0. The maximum Gasteiger partial charge on any atom is 0.132 e. The zero-order valence-corrected chi connectivity index (χ0v) is 14.7. The standard InChI is InChI=1S/C21H23N3O/c1-21(2)12-17(11-18(13-21)19(14-22)15-23)4-3-16-5-7-20(8-6-16)24-9-10-25/h3-8,11,24-25H,9-10,12-13H2,1-2H3/b4-3+. The SMILES string of the molecule is CC1(C)CC(/C=C/c2ccc(NCCO)cc2)=CC(=C(C#N)C#N)C1. The van der Waals surface area contributed by atoms with Crippen molar-refractivity contribution in [2.45, 2.75) is 26.7 Å². The van der Waals surface area contributed by atoms with Crippen LogP contribution in [0.15, 0.2) is 53.1 Å². The molecule has 0 fully saturated rings. The number of allylic oxidation sites excluding steroid dienone is 5. The predicted molar refractivity (Wildman–Crippen MR) is 100 cm³/mol. The minimum Gasteiger partial charge on any atom is -0.395 e. The quantitative estimate of drug-likeness (QED) is 0.792. The molecule has 0 spiro atoms. The lowest BCUT2D eigenvalue weighted by Gasteiger charge is -2.30. The van der Waals surface area contributed by atoms with Crippen LogP contribution in [0.25, 0.3) is 6.08 Å². The molecule has 0 aliphatic heterocycles. The van der Waals surface area contributed by atoms with E-state index in [0.29, 0.717) is 6.54 Å². The molecule has 2 rings (SSSR count). The molecule has 2 N–H and O–H groups in total. The van der Waals surface area contributed by atoms with Gasteiger partial charge in [-0.2, -0.15) is 10.5 Å². The lowest BCUT2D eigenvalue weighted by Crippen LogP contribution is -2.17. The third kappa shape index (κ3) is 5.35. The number of anilines is 1. The van der Waals surface area contributed by atoms with Gasteiger partial charge in [0.05, 0.1) is 6.61 Å². The Morgan fingerprint density at radius 2 is 1.84 bits per heavy atom. The summed E-state index contributed by atoms with van der Waals surface area (Å²) in [5, 5.41) is 30.2. The van der Waals surface area contributed by atoms with Gasteiger partial charge in [0, 0.05) is 12.2 Å². The maximum absolute atomic E-state index is 9.13. The Kier molecular flexibility index (Phi) is 6.17. The predicted octanol–water partition coefficient (Wildman–Crippen LogP) is 4.19. The summed E-state index contributed by atoms with van der Waals surface area (Å²) in [7, 11) is 0. The average molecular weight is 333 g/mol. The molecule has 0 amide bonds. The van der Waals surface area contributed by atoms with Crippen LogP contribution in [0.4, 0.5) is 5.69 Å². The van der Waals surface area contributed by atoms with E-state index >= 15 is 0 Å². The highest BCUT2D eigenvalue weighted by molar-refractivity contribution is 5.58. The molecule has 0 bridgehead atoms. The van der Waals surface area contributed by atoms with E-state index in [4.69, 9.17) is 15.6 Å². The molecule has 25 heavy (non-hydrogen) atoms. The minimum atomic E-state index is 0.0286. The topological polar surface area (TPSA) is 79.8 Å². The van der Waals surface area contributed by atoms with Gasteiger partial charge in [-0.3, -0.25) is 0 Å². The van der Waals surface area contributed by atoms with Crippen LogP contribution in [0.3, 0.4) is 0 Å². The van der Waals surface area contributed by atoms with E-state index in [1.54, 1.807) is 0 Å². The van der Waals surface area contributed by atoms with Crippen LogP contribution in [0, 0.1) is 28.1 Å². The van der Waals surface area contributed by atoms with Crippen molar-refractivity contribution < 1.29 is 5.11 Å². The van der Waals surface area contributed by atoms with E-state index in [1.807, 2.05) is 48.6 Å². The lowest BCUT2D eigenvalue weighted by molar-refractivity contribution is 0.311. The minimum absolute atomic E-state index is 0.0286. The smallest absolute Gasteiger partial charge is 0.132 e. The Labute approximate surface area is 149 Å². The van der Waals surface area contributed by atoms with Crippen LogP contribution in [-0.2, 0) is 0 Å². The molecule has 4 nitrogen and oxygen atoms in total. The van der Waals surface area contributed by atoms with Crippen LogP contribution in [-0.4, -0.2) is 18.3 Å². The number of hydrogen-bond acceptors (Lipinski definition) is 4. The molecule has 0 saturated heterocycles. The summed E-state index contributed by atoms with van der Waals surface area (Å²) in [6.45, 7) is 4.95. The Morgan fingerprint density at radius 3 is 2.44 bits per heavy atom. The third-order valence-electron chi connectivity index (χ3n) is 4.10. The molecular formula is C21H23N3O. The first kappa shape index (κ1) is 18.5. The van der Waals surface area contributed by atoms with Gasteiger partial charge in [0.2, 0.25) is 0 Å². The summed E-state index contributed by atoms with van der Waals surface area (Å²) >= 11 is 0. The molecule has 0 radical (unpaired) electrons. The summed E-state index contributed by atoms with van der Waals surface area (Å²) in [5.74, 6) is 0. The Morgan fingerprint density at radius 1 is 1.16 bits per heavy atom. The molecule has 0 atom stereocenters. The number of aliphatic hydroxyl groups excluding tert-OH is 1. The summed E-state index contributed by atoms with van der Waals surface area (Å²) in [4.78, 5) is 0. The highest BCUT2D eigenvalue weighted by atomic mass is 16.3. The van der Waals surface area contributed by atoms with Gasteiger partial charge in [-0.25, -0.2) is 0 Å². The van der Waals surface area contributed by atoms with Crippen LogP contribution in [0.2, 0.25) is 0 Å². The number of rotatable bonds is 5. The van der Waals surface area contributed by atoms with Crippen LogP contribution >= 0.6 is 0 Å². The van der Waals surface area contributed by atoms with Gasteiger partial charge in [0.1, 0.15) is 17.7 Å². The Bertz CT molecular complexity index is 768. The molecule has 1 aromatic carbocycles. The van der Waals surface area contributed by atoms with Crippen LogP contribution in [0.5, 0.6) is 0 Å². The van der Waals surface area contributed by atoms with Gasteiger partial charge in [0.15, 0.2) is 0 Å². The fourth-order valence-corrected chi connectivity index (χ4v) is 3.01. The van der Waals surface area contributed by atoms with Gasteiger partial charge in [0.25, 0.3) is 0 Å². The van der Waals surface area contributed by atoms with E-state index in [1.165, 1.54) is 0 Å². The highest BCUT2D eigenvalue weighted by Crippen LogP contribution is 2.39. The lowest BCUT2D eigenvalue weighted by atomic mass is 9.74. The second kappa shape index (κ2) is 8.33. The fourth-order valence-electron chi connectivity index (χ4n) is 3.01. The van der Waals surface area contributed by atoms with Crippen LogP contribution in [0.1, 0.15) is 32.3 Å². The van der Waals surface area contributed by atoms with Crippen molar-refractivity contribution in [3.05, 3.63) is 58.7 Å². The first-order valence-corrected chi connectivity index (χ1v) is 8.34. The van der Waals surface area contributed by atoms with Gasteiger partial charge in [-0.15, -0.1) is 0 Å². The third-order valence-corrected chi connectivity index (χ3v) is 4.10. The van der Waals surface area contributed by atoms with Gasteiger partial charge >= 0.3 is 0 Å². The molecule has 0 unspecified atom stereocenters. The monoisotopic (exact) mass is 333 g/mol. The zero-order chi connectivity index (χ0) is 18.3. The number of nitrogens with one attached hydrogen (secondary N) is 1. The molecule has 0 saturated carbocycles. The second-order valence-corrected chi connectivity index (χ2v) is 6.97. The molecule has 1 aliphatic rings. The number of benzene rings is 1. The first-order valence-electron chi connectivity index (χ1n) is 8.34. The van der Waals surface area contributed by atoms with Gasteiger partial charge in [-0.1, -0.05) is 44.2 Å². The molecule has 128 valence electrons. The summed E-state index contributed by atoms with van der Waals surface area (Å²) in [6.07, 6.45) is 7.72. The van der Waals surface area contributed by atoms with E-state index in [-0.39, 0.29) is 17.6 Å². The molecule has 0 aromatic heterocycles. The van der Waals surface area contributed by atoms with Crippen molar-refractivity contribution in [3.63, 3.8) is 0 Å². The molecular weight excluding hydrogens is 310 g/mol. The van der Waals surface area contributed by atoms with Crippen molar-refractivity contribution in [1.82, 2.24) is 0 Å². The van der Waals surface area contributed by atoms with E-state index in [9.17, 15) is 0 Å². The molecule has 1 aromatic rings. The molecule has 1 aliphatic carbocycles. The molecule has 0 heterocycles. The second-order valence-electron chi connectivity index (χ2n) is 6.97. The zero-order valence-electron chi connectivity index (χ0n) is 14.7. The maximum atomic E-state index is 9.13. The number of hydrogen-bond donors (Lipinski definition) is 2. The normalized spacial score (nSPS) is 16.0. The average Bonchev–Trinajstić information content (AvgIpc) is 2.59.